The summed E-state index contributed by atoms with van der Waals surface area (Å²) in [6.45, 7) is 2.59. The number of aliphatic hydroxyl groups is 2. The number of aliphatic hydroxyl groups excluding tert-OH is 2. The molecule has 0 radical (unpaired) electrons. The van der Waals surface area contributed by atoms with E-state index in [9.17, 15) is 10.2 Å². The molecule has 1 aromatic heterocycles. The Bertz CT molecular complexity index is 565. The lowest BCUT2D eigenvalue weighted by atomic mass is 9.77. The third-order valence-electron chi connectivity index (χ3n) is 3.60. The van der Waals surface area contributed by atoms with Crippen LogP contribution in [-0.2, 0) is 18.4 Å². The molecule has 4 nitrogen and oxygen atoms in total. The molecule has 5 heteroatoms. The number of halogens is 1. The lowest BCUT2D eigenvalue weighted by molar-refractivity contribution is 0.115. The highest BCUT2D eigenvalue weighted by Gasteiger charge is 2.33. The number of benzene rings is 1. The number of rotatable bonds is 6. The Morgan fingerprint density at radius 2 is 1.95 bits per heavy atom. The second-order valence-corrected chi connectivity index (χ2v) is 5.81. The van der Waals surface area contributed by atoms with Crippen molar-refractivity contribution in [3.63, 3.8) is 0 Å². The zero-order chi connectivity index (χ0) is 14.6. The molecule has 2 N–H and O–H groups in total. The molecular formula is C15H19BrN2O2. The summed E-state index contributed by atoms with van der Waals surface area (Å²) < 4.78 is 2.74. The van der Waals surface area contributed by atoms with E-state index in [1.54, 1.807) is 6.20 Å². The maximum atomic E-state index is 9.87. The molecule has 2 rings (SSSR count). The Morgan fingerprint density at radius 1 is 1.25 bits per heavy atom. The first-order valence-electron chi connectivity index (χ1n) is 6.63. The van der Waals surface area contributed by atoms with Crippen molar-refractivity contribution in [2.24, 2.45) is 0 Å². The topological polar surface area (TPSA) is 58.3 Å². The Labute approximate surface area is 127 Å². The molecule has 0 aliphatic rings. The lowest BCUT2D eigenvalue weighted by Gasteiger charge is -2.31. The number of aryl methyl sites for hydroxylation is 1. The Morgan fingerprint density at radius 3 is 2.50 bits per heavy atom. The van der Waals surface area contributed by atoms with Crippen molar-refractivity contribution in [2.45, 2.75) is 25.3 Å². The lowest BCUT2D eigenvalue weighted by Crippen LogP contribution is -2.37. The highest BCUT2D eigenvalue weighted by atomic mass is 79.9. The zero-order valence-corrected chi connectivity index (χ0v) is 13.0. The summed E-state index contributed by atoms with van der Waals surface area (Å²) >= 11 is 3.50. The van der Waals surface area contributed by atoms with E-state index in [4.69, 9.17) is 0 Å². The Kier molecular flexibility index (Phi) is 4.96. The van der Waals surface area contributed by atoms with Crippen LogP contribution in [0.1, 0.15) is 18.1 Å². The van der Waals surface area contributed by atoms with E-state index in [-0.39, 0.29) is 13.2 Å². The molecule has 0 saturated heterocycles. The number of nitrogens with zero attached hydrogens (tertiary/aromatic N) is 2. The second-order valence-electron chi connectivity index (χ2n) is 4.96. The molecule has 108 valence electrons. The third kappa shape index (κ3) is 2.95. The molecule has 0 bridgehead atoms. The van der Waals surface area contributed by atoms with E-state index in [0.29, 0.717) is 6.42 Å². The number of hydrogen-bond donors (Lipinski definition) is 2. The average Bonchev–Trinajstić information content (AvgIpc) is 2.93. The zero-order valence-electron chi connectivity index (χ0n) is 11.5. The summed E-state index contributed by atoms with van der Waals surface area (Å²) in [5, 5.41) is 24.0. The first-order chi connectivity index (χ1) is 9.65. The minimum Gasteiger partial charge on any atom is -0.395 e. The minimum atomic E-state index is -0.707. The largest absolute Gasteiger partial charge is 0.395 e. The van der Waals surface area contributed by atoms with E-state index in [0.717, 1.165) is 22.1 Å². The molecular weight excluding hydrogens is 320 g/mol. The van der Waals surface area contributed by atoms with Crippen LogP contribution in [0.15, 0.2) is 41.1 Å². The van der Waals surface area contributed by atoms with Gasteiger partial charge in [0.05, 0.1) is 19.4 Å². The fourth-order valence-electron chi connectivity index (χ4n) is 2.38. The van der Waals surface area contributed by atoms with Crippen LogP contribution in [0.25, 0.3) is 0 Å². The van der Waals surface area contributed by atoms with Crippen molar-refractivity contribution in [1.82, 2.24) is 9.78 Å². The molecule has 0 aliphatic heterocycles. The molecule has 0 spiro atoms. The van der Waals surface area contributed by atoms with Gasteiger partial charge in [0.2, 0.25) is 0 Å². The quantitative estimate of drug-likeness (QED) is 0.848. The summed E-state index contributed by atoms with van der Waals surface area (Å²) in [5.74, 6) is 0. The van der Waals surface area contributed by atoms with Crippen molar-refractivity contribution in [3.05, 3.63) is 52.3 Å². The van der Waals surface area contributed by atoms with Crippen LogP contribution < -0.4 is 0 Å². The van der Waals surface area contributed by atoms with Gasteiger partial charge in [-0.25, -0.2) is 0 Å². The highest BCUT2D eigenvalue weighted by Crippen LogP contribution is 2.33. The summed E-state index contributed by atoms with van der Waals surface area (Å²) in [4.78, 5) is 0. The smallest absolute Gasteiger partial charge is 0.0553 e. The van der Waals surface area contributed by atoms with Crippen LogP contribution in [0.4, 0.5) is 0 Å². The molecule has 0 aliphatic carbocycles. The van der Waals surface area contributed by atoms with Gasteiger partial charge in [-0.05, 0) is 30.5 Å². The second kappa shape index (κ2) is 6.52. The highest BCUT2D eigenvalue weighted by molar-refractivity contribution is 9.10. The van der Waals surface area contributed by atoms with E-state index < -0.39 is 5.41 Å². The van der Waals surface area contributed by atoms with Crippen LogP contribution in [-0.4, -0.2) is 33.2 Å². The van der Waals surface area contributed by atoms with Gasteiger partial charge < -0.3 is 10.2 Å². The SMILES string of the molecule is CCn1cc(CC(CO)(CO)c2ccccc2Br)cn1. The van der Waals surface area contributed by atoms with Crippen LogP contribution in [0.3, 0.4) is 0 Å². The average molecular weight is 339 g/mol. The van der Waals surface area contributed by atoms with Crippen molar-refractivity contribution in [3.8, 4) is 0 Å². The van der Waals surface area contributed by atoms with Crippen molar-refractivity contribution >= 4 is 15.9 Å². The predicted molar refractivity (Wildman–Crippen MR) is 81.6 cm³/mol. The monoisotopic (exact) mass is 338 g/mol. The molecule has 0 amide bonds. The predicted octanol–water partition coefficient (Wildman–Crippen LogP) is 2.13. The standard InChI is InChI=1S/C15H19BrN2O2/c1-2-18-9-12(8-17-18)7-15(10-19,11-20)13-5-3-4-6-14(13)16/h3-6,8-9,19-20H,2,7,10-11H2,1H3. The Balaban J connectivity index is 2.37. The molecule has 0 unspecified atom stereocenters. The van der Waals surface area contributed by atoms with Gasteiger partial charge >= 0.3 is 0 Å². The van der Waals surface area contributed by atoms with Gasteiger partial charge in [-0.1, -0.05) is 34.1 Å². The van der Waals surface area contributed by atoms with Crippen molar-refractivity contribution in [1.29, 1.82) is 0 Å². The maximum Gasteiger partial charge on any atom is 0.0553 e. The van der Waals surface area contributed by atoms with Crippen molar-refractivity contribution in [2.75, 3.05) is 13.2 Å². The molecule has 1 heterocycles. The van der Waals surface area contributed by atoms with E-state index in [1.165, 1.54) is 0 Å². The maximum absolute atomic E-state index is 9.87. The fourth-order valence-corrected chi connectivity index (χ4v) is 3.09. The fraction of sp³-hybridized carbons (Fsp3) is 0.400. The first kappa shape index (κ1) is 15.2. The molecule has 0 fully saturated rings. The van der Waals surface area contributed by atoms with Gasteiger partial charge in [0.1, 0.15) is 0 Å². The summed E-state index contributed by atoms with van der Waals surface area (Å²) in [5.41, 5.74) is 1.21. The van der Waals surface area contributed by atoms with Gasteiger partial charge in [-0.15, -0.1) is 0 Å². The van der Waals surface area contributed by atoms with E-state index in [2.05, 4.69) is 21.0 Å². The van der Waals surface area contributed by atoms with Crippen LogP contribution in [0.2, 0.25) is 0 Å². The van der Waals surface area contributed by atoms with Crippen molar-refractivity contribution < 1.29 is 10.2 Å². The first-order valence-corrected chi connectivity index (χ1v) is 7.42. The van der Waals surface area contributed by atoms with Crippen LogP contribution >= 0.6 is 15.9 Å². The molecule has 0 saturated carbocycles. The molecule has 2 aromatic rings. The van der Waals surface area contributed by atoms with E-state index in [1.807, 2.05) is 42.1 Å². The number of aromatic nitrogens is 2. The van der Waals surface area contributed by atoms with Gasteiger partial charge in [0, 0.05) is 22.6 Å². The molecule has 20 heavy (non-hydrogen) atoms. The van der Waals surface area contributed by atoms with E-state index >= 15 is 0 Å². The summed E-state index contributed by atoms with van der Waals surface area (Å²) in [6.07, 6.45) is 4.29. The van der Waals surface area contributed by atoms with Gasteiger partial charge in [-0.3, -0.25) is 4.68 Å². The Hall–Kier alpha value is -1.17. The summed E-state index contributed by atoms with van der Waals surface area (Å²) in [6, 6.07) is 7.68. The van der Waals surface area contributed by atoms with Gasteiger partial charge in [0.25, 0.3) is 0 Å². The van der Waals surface area contributed by atoms with Gasteiger partial charge in [-0.2, -0.15) is 5.10 Å². The normalized spacial score (nSPS) is 11.8. The molecule has 0 atom stereocenters. The third-order valence-corrected chi connectivity index (χ3v) is 4.30. The minimum absolute atomic E-state index is 0.122. The van der Waals surface area contributed by atoms with Crippen LogP contribution in [0, 0.1) is 0 Å². The van der Waals surface area contributed by atoms with Crippen LogP contribution in [0.5, 0.6) is 0 Å². The number of hydrogen-bond acceptors (Lipinski definition) is 3. The van der Waals surface area contributed by atoms with Gasteiger partial charge in [0.15, 0.2) is 0 Å². The summed E-state index contributed by atoms with van der Waals surface area (Å²) in [7, 11) is 0. The molecule has 1 aromatic carbocycles.